The quantitative estimate of drug-likeness (QED) is 0.739. The number of aromatic nitrogens is 1. The monoisotopic (exact) mass is 232 g/mol. The number of hydrogen-bond acceptors (Lipinski definition) is 2. The maximum Gasteiger partial charge on any atom is 0.224 e. The first-order chi connectivity index (χ1) is 8.20. The second kappa shape index (κ2) is 5.01. The largest absolute Gasteiger partial charge is 0.395 e. The van der Waals surface area contributed by atoms with Crippen molar-refractivity contribution in [2.45, 2.75) is 13.3 Å². The van der Waals surface area contributed by atoms with Crippen LogP contribution in [0.25, 0.3) is 10.9 Å². The van der Waals surface area contributed by atoms with Gasteiger partial charge in [-0.2, -0.15) is 0 Å². The lowest BCUT2D eigenvalue weighted by Crippen LogP contribution is -2.27. The number of fused-ring (bicyclic) bond motifs is 1. The summed E-state index contributed by atoms with van der Waals surface area (Å²) in [5, 5.41) is 12.3. The molecule has 0 aliphatic carbocycles. The van der Waals surface area contributed by atoms with Crippen LogP contribution in [0.2, 0.25) is 0 Å². The highest BCUT2D eigenvalue weighted by molar-refractivity contribution is 5.89. The van der Waals surface area contributed by atoms with E-state index in [9.17, 15) is 4.79 Å². The van der Waals surface area contributed by atoms with E-state index in [4.69, 9.17) is 5.11 Å². The number of aryl methyl sites for hydroxylation is 1. The molecule has 1 aromatic carbocycles. The van der Waals surface area contributed by atoms with Gasteiger partial charge in [0.15, 0.2) is 0 Å². The van der Waals surface area contributed by atoms with Crippen LogP contribution in [0, 0.1) is 6.92 Å². The van der Waals surface area contributed by atoms with Crippen molar-refractivity contribution in [3.05, 3.63) is 35.5 Å². The third-order valence-corrected chi connectivity index (χ3v) is 2.71. The molecule has 0 atom stereocenters. The third kappa shape index (κ3) is 2.65. The van der Waals surface area contributed by atoms with E-state index in [-0.39, 0.29) is 12.5 Å². The molecule has 0 saturated carbocycles. The Hall–Kier alpha value is -1.81. The number of nitrogens with one attached hydrogen (secondary N) is 2. The molecule has 2 rings (SSSR count). The first kappa shape index (κ1) is 11.7. The number of rotatable bonds is 4. The van der Waals surface area contributed by atoms with Crippen molar-refractivity contribution < 1.29 is 9.90 Å². The zero-order valence-corrected chi connectivity index (χ0v) is 9.79. The Morgan fingerprint density at radius 3 is 3.06 bits per heavy atom. The van der Waals surface area contributed by atoms with Crippen molar-refractivity contribution in [3.8, 4) is 0 Å². The zero-order chi connectivity index (χ0) is 12.3. The fourth-order valence-corrected chi connectivity index (χ4v) is 1.88. The highest BCUT2D eigenvalue weighted by atomic mass is 16.3. The minimum atomic E-state index is -0.0690. The fraction of sp³-hybridized carbons (Fsp3) is 0.308. The van der Waals surface area contributed by atoms with E-state index in [0.29, 0.717) is 13.0 Å². The summed E-state index contributed by atoms with van der Waals surface area (Å²) in [4.78, 5) is 14.7. The number of hydrogen-bond donors (Lipinski definition) is 3. The molecule has 0 aliphatic heterocycles. The molecule has 0 fully saturated rings. The molecular weight excluding hydrogens is 216 g/mol. The molecule has 1 aromatic heterocycles. The van der Waals surface area contributed by atoms with Gasteiger partial charge in [-0.05, 0) is 24.1 Å². The van der Waals surface area contributed by atoms with Gasteiger partial charge in [-0.25, -0.2) is 0 Å². The Balaban J connectivity index is 2.16. The van der Waals surface area contributed by atoms with Crippen LogP contribution in [-0.4, -0.2) is 29.1 Å². The maximum absolute atomic E-state index is 11.5. The number of carbonyl (C=O) groups excluding carboxylic acids is 1. The number of H-pyrrole nitrogens is 1. The van der Waals surface area contributed by atoms with Crippen LogP contribution in [-0.2, 0) is 11.2 Å². The molecule has 1 heterocycles. The van der Waals surface area contributed by atoms with E-state index in [1.54, 1.807) is 0 Å². The lowest BCUT2D eigenvalue weighted by atomic mass is 10.1. The normalized spacial score (nSPS) is 10.7. The summed E-state index contributed by atoms with van der Waals surface area (Å²) >= 11 is 0. The van der Waals surface area contributed by atoms with Gasteiger partial charge in [0.25, 0.3) is 0 Å². The average Bonchev–Trinajstić information content (AvgIpc) is 2.69. The first-order valence-electron chi connectivity index (χ1n) is 5.65. The molecule has 0 saturated heterocycles. The van der Waals surface area contributed by atoms with Crippen LogP contribution >= 0.6 is 0 Å². The SMILES string of the molecule is Cc1ccc2c(CC(=O)NCCO)c[nH]c2c1. The molecule has 4 nitrogen and oxygen atoms in total. The van der Waals surface area contributed by atoms with Gasteiger partial charge < -0.3 is 15.4 Å². The Labute approximate surface area is 99.7 Å². The summed E-state index contributed by atoms with van der Waals surface area (Å²) in [6.45, 7) is 2.31. The van der Waals surface area contributed by atoms with Gasteiger partial charge in [-0.15, -0.1) is 0 Å². The van der Waals surface area contributed by atoms with Crippen molar-refractivity contribution in [3.63, 3.8) is 0 Å². The molecule has 0 unspecified atom stereocenters. The molecule has 0 bridgehead atoms. The van der Waals surface area contributed by atoms with E-state index in [1.165, 1.54) is 5.56 Å². The van der Waals surface area contributed by atoms with Gasteiger partial charge in [0.2, 0.25) is 5.91 Å². The van der Waals surface area contributed by atoms with Crippen molar-refractivity contribution in [2.75, 3.05) is 13.2 Å². The van der Waals surface area contributed by atoms with Crippen LogP contribution in [0.15, 0.2) is 24.4 Å². The standard InChI is InChI=1S/C13H16N2O2/c1-9-2-3-11-10(8-15-12(11)6-9)7-13(17)14-4-5-16/h2-3,6,8,15-16H,4-5,7H2,1H3,(H,14,17). The highest BCUT2D eigenvalue weighted by Gasteiger charge is 2.08. The first-order valence-corrected chi connectivity index (χ1v) is 5.65. The summed E-state index contributed by atoms with van der Waals surface area (Å²) in [6, 6.07) is 6.12. The third-order valence-electron chi connectivity index (χ3n) is 2.71. The predicted octanol–water partition coefficient (Wildman–Crippen LogP) is 1.13. The number of benzene rings is 1. The van der Waals surface area contributed by atoms with Crippen LogP contribution in [0.3, 0.4) is 0 Å². The minimum Gasteiger partial charge on any atom is -0.395 e. The van der Waals surface area contributed by atoms with Gasteiger partial charge in [-0.3, -0.25) is 4.79 Å². The van der Waals surface area contributed by atoms with Gasteiger partial charge in [0.1, 0.15) is 0 Å². The van der Waals surface area contributed by atoms with E-state index in [0.717, 1.165) is 16.5 Å². The minimum absolute atomic E-state index is 0.0289. The van der Waals surface area contributed by atoms with E-state index in [2.05, 4.69) is 16.4 Å². The number of carbonyl (C=O) groups is 1. The number of aromatic amines is 1. The fourth-order valence-electron chi connectivity index (χ4n) is 1.88. The number of aliphatic hydroxyl groups is 1. The van der Waals surface area contributed by atoms with Crippen LogP contribution in [0.1, 0.15) is 11.1 Å². The van der Waals surface area contributed by atoms with Crippen LogP contribution in [0.4, 0.5) is 0 Å². The summed E-state index contributed by atoms with van der Waals surface area (Å²) < 4.78 is 0. The lowest BCUT2D eigenvalue weighted by Gasteiger charge is -2.02. The van der Waals surface area contributed by atoms with Crippen LogP contribution < -0.4 is 5.32 Å². The molecule has 0 spiro atoms. The van der Waals surface area contributed by atoms with E-state index >= 15 is 0 Å². The lowest BCUT2D eigenvalue weighted by molar-refractivity contribution is -0.120. The molecule has 0 radical (unpaired) electrons. The number of amides is 1. The van der Waals surface area contributed by atoms with Crippen molar-refractivity contribution >= 4 is 16.8 Å². The molecular formula is C13H16N2O2. The second-order valence-electron chi connectivity index (χ2n) is 4.11. The molecule has 3 N–H and O–H groups in total. The van der Waals surface area contributed by atoms with Crippen LogP contribution in [0.5, 0.6) is 0 Å². The Morgan fingerprint density at radius 2 is 2.29 bits per heavy atom. The Kier molecular flexibility index (Phi) is 3.44. The summed E-state index contributed by atoms with van der Waals surface area (Å²) in [5.74, 6) is -0.0690. The molecule has 0 aliphatic rings. The van der Waals surface area contributed by atoms with Gasteiger partial charge in [0.05, 0.1) is 13.0 Å². The Morgan fingerprint density at radius 1 is 1.47 bits per heavy atom. The topological polar surface area (TPSA) is 65.1 Å². The maximum atomic E-state index is 11.5. The average molecular weight is 232 g/mol. The summed E-state index contributed by atoms with van der Waals surface area (Å²) in [6.07, 6.45) is 2.20. The van der Waals surface area contributed by atoms with E-state index < -0.39 is 0 Å². The van der Waals surface area contributed by atoms with Crippen molar-refractivity contribution in [1.29, 1.82) is 0 Å². The Bertz CT molecular complexity index is 531. The molecule has 17 heavy (non-hydrogen) atoms. The molecule has 90 valence electrons. The molecule has 1 amide bonds. The number of aliphatic hydroxyl groups excluding tert-OH is 1. The summed E-state index contributed by atoms with van der Waals surface area (Å²) in [5.41, 5.74) is 3.22. The van der Waals surface area contributed by atoms with Gasteiger partial charge in [0, 0.05) is 23.6 Å². The predicted molar refractivity (Wildman–Crippen MR) is 66.8 cm³/mol. The zero-order valence-electron chi connectivity index (χ0n) is 9.79. The van der Waals surface area contributed by atoms with Gasteiger partial charge >= 0.3 is 0 Å². The molecule has 4 heteroatoms. The molecule has 2 aromatic rings. The van der Waals surface area contributed by atoms with Gasteiger partial charge in [-0.1, -0.05) is 12.1 Å². The smallest absolute Gasteiger partial charge is 0.224 e. The van der Waals surface area contributed by atoms with Crippen molar-refractivity contribution in [2.24, 2.45) is 0 Å². The second-order valence-corrected chi connectivity index (χ2v) is 4.11. The van der Waals surface area contributed by atoms with E-state index in [1.807, 2.05) is 25.3 Å². The highest BCUT2D eigenvalue weighted by Crippen LogP contribution is 2.19. The van der Waals surface area contributed by atoms with Crippen molar-refractivity contribution in [1.82, 2.24) is 10.3 Å². The summed E-state index contributed by atoms with van der Waals surface area (Å²) in [7, 11) is 0.